The molecule has 0 spiro atoms. The predicted octanol–water partition coefficient (Wildman–Crippen LogP) is 6.24. The highest BCUT2D eigenvalue weighted by Crippen LogP contribution is 2.48. The van der Waals surface area contributed by atoms with Gasteiger partial charge in [-0.3, -0.25) is 13.9 Å². The first-order chi connectivity index (χ1) is 23.6. The van der Waals surface area contributed by atoms with E-state index in [0.29, 0.717) is 0 Å². The van der Waals surface area contributed by atoms with Crippen LogP contribution < -0.4 is 15.3 Å². The Balaban J connectivity index is 1.32. The number of anilines is 1. The van der Waals surface area contributed by atoms with Crippen molar-refractivity contribution in [3.8, 4) is 18.1 Å². The number of carbonyl (C=O) groups is 1. The molecule has 0 radical (unpaired) electrons. The van der Waals surface area contributed by atoms with Gasteiger partial charge in [-0.2, -0.15) is 19.4 Å². The van der Waals surface area contributed by atoms with E-state index >= 15 is 0 Å². The van der Waals surface area contributed by atoms with Crippen molar-refractivity contribution in [1.29, 1.82) is 0 Å². The number of ether oxygens (including phenoxy) is 2. The van der Waals surface area contributed by atoms with E-state index in [1.165, 1.54) is 62.8 Å². The minimum Gasteiger partial charge on any atom is -0.465 e. The Kier molecular flexibility index (Phi) is 14.4. The number of halogens is 1. The molecule has 13 nitrogen and oxygen atoms in total. The second kappa shape index (κ2) is 18.4. The summed E-state index contributed by atoms with van der Waals surface area (Å²) in [5.74, 6) is 1.82. The Morgan fingerprint density at radius 3 is 2.47 bits per heavy atom. The highest BCUT2D eigenvalue weighted by molar-refractivity contribution is 7.52. The maximum atomic E-state index is 14.1. The van der Waals surface area contributed by atoms with Crippen molar-refractivity contribution >= 4 is 30.7 Å². The van der Waals surface area contributed by atoms with Gasteiger partial charge in [0.2, 0.25) is 0 Å². The van der Waals surface area contributed by atoms with Gasteiger partial charge in [0.15, 0.2) is 22.6 Å². The van der Waals surface area contributed by atoms with Gasteiger partial charge in [0.1, 0.15) is 30.7 Å². The van der Waals surface area contributed by atoms with Gasteiger partial charge in [-0.15, -0.1) is 6.42 Å². The first kappa shape index (κ1) is 38.2. The first-order valence-corrected chi connectivity index (χ1v) is 18.6. The molecule has 15 heteroatoms. The van der Waals surface area contributed by atoms with Crippen LogP contribution >= 0.6 is 7.75 Å². The Morgan fingerprint density at radius 2 is 1.82 bits per heavy atom. The summed E-state index contributed by atoms with van der Waals surface area (Å²) >= 11 is 0. The van der Waals surface area contributed by atoms with Crippen LogP contribution in [-0.2, 0) is 23.4 Å². The molecule has 4 N–H and O–H groups in total. The maximum Gasteiger partial charge on any atom is 0.459 e. The number of nitrogen functional groups attached to an aromatic ring is 1. The molecule has 0 bridgehead atoms. The van der Waals surface area contributed by atoms with E-state index in [1.807, 2.05) is 0 Å². The summed E-state index contributed by atoms with van der Waals surface area (Å²) in [6.45, 7) is 3.34. The molecule has 5 atom stereocenters. The van der Waals surface area contributed by atoms with Crippen LogP contribution in [0.3, 0.4) is 0 Å². The van der Waals surface area contributed by atoms with Crippen molar-refractivity contribution in [1.82, 2.24) is 24.6 Å². The van der Waals surface area contributed by atoms with Crippen LogP contribution in [0.4, 0.5) is 10.2 Å². The van der Waals surface area contributed by atoms with Crippen LogP contribution in [0.25, 0.3) is 11.2 Å². The van der Waals surface area contributed by atoms with Crippen molar-refractivity contribution in [3.05, 3.63) is 42.7 Å². The van der Waals surface area contributed by atoms with Gasteiger partial charge in [0.05, 0.1) is 12.9 Å². The summed E-state index contributed by atoms with van der Waals surface area (Å²) in [5, 5.41) is 13.7. The molecule has 1 aliphatic heterocycles. The van der Waals surface area contributed by atoms with Crippen molar-refractivity contribution in [2.45, 2.75) is 115 Å². The number of imidazole rings is 1. The minimum absolute atomic E-state index is 0.0381. The average molecular weight is 703 g/mol. The van der Waals surface area contributed by atoms with Gasteiger partial charge in [0, 0.05) is 6.42 Å². The molecule has 1 aromatic carbocycles. The van der Waals surface area contributed by atoms with E-state index in [2.05, 4.69) is 32.9 Å². The number of benzene rings is 1. The molecule has 3 heterocycles. The van der Waals surface area contributed by atoms with Crippen LogP contribution in [0, 0.1) is 18.4 Å². The molecule has 49 heavy (non-hydrogen) atoms. The molecule has 0 amide bonds. The van der Waals surface area contributed by atoms with Gasteiger partial charge in [0.25, 0.3) is 0 Å². The number of nitrogens with zero attached hydrogens (tertiary/aromatic N) is 4. The van der Waals surface area contributed by atoms with Crippen molar-refractivity contribution < 1.29 is 37.4 Å². The lowest BCUT2D eigenvalue weighted by Crippen LogP contribution is -2.43. The molecule has 268 valence electrons. The van der Waals surface area contributed by atoms with Crippen molar-refractivity contribution in [3.63, 3.8) is 0 Å². The fourth-order valence-corrected chi connectivity index (χ4v) is 7.11. The van der Waals surface area contributed by atoms with Crippen molar-refractivity contribution in [2.24, 2.45) is 0 Å². The van der Waals surface area contributed by atoms with Crippen LogP contribution in [0.1, 0.15) is 97.1 Å². The number of aliphatic hydroxyl groups excluding tert-OH is 1. The van der Waals surface area contributed by atoms with Crippen LogP contribution in [-0.4, -0.2) is 61.6 Å². The van der Waals surface area contributed by atoms with E-state index in [1.54, 1.807) is 30.3 Å². The van der Waals surface area contributed by atoms with Crippen LogP contribution in [0.5, 0.6) is 5.75 Å². The van der Waals surface area contributed by atoms with Crippen LogP contribution in [0.15, 0.2) is 36.7 Å². The fraction of sp³-hybridized carbons (Fsp3) is 0.588. The highest BCUT2D eigenvalue weighted by Gasteiger charge is 2.50. The van der Waals surface area contributed by atoms with Gasteiger partial charge < -0.3 is 24.8 Å². The quantitative estimate of drug-likeness (QED) is 0.0376. The Labute approximate surface area is 287 Å². The maximum absolute atomic E-state index is 14.1. The number of aliphatic hydroxyl groups is 1. The standard InChI is InChI=1S/C34H48FN6O7P/c1-4-6-7-8-9-10-11-12-13-14-18-21-45-32(43)25(3)40-49(44,48-26-19-16-15-17-20-26)46-23-34(5-2)27(42)22-28(47-34)41-24-37-29-30(36)38-33(35)39-31(29)41/h2,15-17,19-20,24-25,27-28,42H,4,6-14,18,21-23H2,1,3H3,(H,40,44)(H2,36,38,39)/t25-,27-,28+,34+,49?/m0/s1. The summed E-state index contributed by atoms with van der Waals surface area (Å²) in [4.78, 5) is 24.2. The molecule has 1 fully saturated rings. The van der Waals surface area contributed by atoms with Gasteiger partial charge >= 0.3 is 19.8 Å². The minimum atomic E-state index is -4.33. The van der Waals surface area contributed by atoms with E-state index in [9.17, 15) is 18.9 Å². The number of hydrogen-bond donors (Lipinski definition) is 3. The van der Waals surface area contributed by atoms with E-state index in [4.69, 9.17) is 30.7 Å². The molecule has 3 aromatic rings. The van der Waals surface area contributed by atoms with E-state index in [0.717, 1.165) is 25.7 Å². The fourth-order valence-electron chi connectivity index (χ4n) is 5.59. The van der Waals surface area contributed by atoms with Gasteiger partial charge in [-0.25, -0.2) is 9.55 Å². The largest absolute Gasteiger partial charge is 0.465 e. The third-order valence-corrected chi connectivity index (χ3v) is 10.0. The molecule has 1 saturated heterocycles. The molecule has 1 aliphatic rings. The predicted molar refractivity (Wildman–Crippen MR) is 183 cm³/mol. The molecular weight excluding hydrogens is 654 g/mol. The first-order valence-electron chi connectivity index (χ1n) is 17.0. The zero-order chi connectivity index (χ0) is 35.3. The molecular formula is C34H48FN6O7P. The van der Waals surface area contributed by atoms with Crippen LogP contribution in [0.2, 0.25) is 0 Å². The summed E-state index contributed by atoms with van der Waals surface area (Å²) in [6.07, 6.45) is 16.6. The Morgan fingerprint density at radius 1 is 1.16 bits per heavy atom. The number of para-hydroxylation sites is 1. The third kappa shape index (κ3) is 10.7. The lowest BCUT2D eigenvalue weighted by atomic mass is 9.99. The Bertz CT molecular complexity index is 1590. The topological polar surface area (TPSA) is 173 Å². The highest BCUT2D eigenvalue weighted by atomic mass is 31.2. The Hall–Kier alpha value is -3.60. The zero-order valence-electron chi connectivity index (χ0n) is 28.3. The monoisotopic (exact) mass is 702 g/mol. The van der Waals surface area contributed by atoms with Gasteiger partial charge in [-0.05, 0) is 25.5 Å². The normalized spacial score (nSPS) is 20.9. The van der Waals surface area contributed by atoms with E-state index in [-0.39, 0.29) is 35.8 Å². The average Bonchev–Trinajstić information content (AvgIpc) is 3.65. The second-order valence-electron chi connectivity index (χ2n) is 12.3. The summed E-state index contributed by atoms with van der Waals surface area (Å²) in [6, 6.07) is 7.16. The number of nitrogens with two attached hydrogens (primary N) is 1. The zero-order valence-corrected chi connectivity index (χ0v) is 29.2. The molecule has 2 aromatic heterocycles. The number of fused-ring (bicyclic) bond motifs is 1. The number of unbranched alkanes of at least 4 members (excludes halogenated alkanes) is 10. The molecule has 4 rings (SSSR count). The smallest absolute Gasteiger partial charge is 0.459 e. The SMILES string of the molecule is C#C[C@]1(COP(=O)(N[C@@H](C)C(=O)OCCCCCCCCCCCCC)Oc2ccccc2)O[C@@H](n2cnc3c(N)nc(F)nc32)C[C@@H]1O. The summed E-state index contributed by atoms with van der Waals surface area (Å²) in [5.41, 5.74) is 4.15. The van der Waals surface area contributed by atoms with Gasteiger partial charge in [-0.1, -0.05) is 95.3 Å². The second-order valence-corrected chi connectivity index (χ2v) is 14.0. The summed E-state index contributed by atoms with van der Waals surface area (Å²) in [7, 11) is -4.33. The number of carbonyl (C=O) groups excluding carboxylic acids is 1. The number of terminal acetylenes is 1. The molecule has 1 unspecified atom stereocenters. The lowest BCUT2D eigenvalue weighted by Gasteiger charge is -2.29. The third-order valence-electron chi connectivity index (χ3n) is 8.40. The molecule has 0 saturated carbocycles. The van der Waals surface area contributed by atoms with E-state index < -0.39 is 50.4 Å². The number of rotatable bonds is 21. The summed E-state index contributed by atoms with van der Waals surface area (Å²) < 4.78 is 52.4. The number of hydrogen-bond acceptors (Lipinski definition) is 11. The number of esters is 1. The lowest BCUT2D eigenvalue weighted by molar-refractivity contribution is -0.145. The number of nitrogens with one attached hydrogen (secondary N) is 1. The van der Waals surface area contributed by atoms with Crippen molar-refractivity contribution in [2.75, 3.05) is 18.9 Å². The molecule has 0 aliphatic carbocycles. The number of aromatic nitrogens is 4.